The average molecular weight is 291 g/mol. The Hall–Kier alpha value is -2.17. The number of methoxy groups -OCH3 is 1. The number of aliphatic imine (C=N–C) groups is 1. The molecule has 5 heteroatoms. The molecule has 0 aliphatic heterocycles. The molecule has 1 atom stereocenters. The third kappa shape index (κ3) is 6.70. The first-order chi connectivity index (χ1) is 10.2. The number of benzene rings is 1. The van der Waals surface area contributed by atoms with Gasteiger partial charge in [-0.1, -0.05) is 12.1 Å². The summed E-state index contributed by atoms with van der Waals surface area (Å²) in [6.45, 7) is 9.74. The van der Waals surface area contributed by atoms with E-state index in [9.17, 15) is 0 Å². The summed E-state index contributed by atoms with van der Waals surface area (Å²) in [5.41, 5.74) is 0. The predicted molar refractivity (Wildman–Crippen MR) is 87.3 cm³/mol. The van der Waals surface area contributed by atoms with Gasteiger partial charge in [0, 0.05) is 19.2 Å². The van der Waals surface area contributed by atoms with Gasteiger partial charge >= 0.3 is 0 Å². The second kappa shape index (κ2) is 9.69. The van der Waals surface area contributed by atoms with Gasteiger partial charge in [-0.3, -0.25) is 0 Å². The maximum Gasteiger partial charge on any atom is 0.191 e. The fraction of sp³-hybridized carbons (Fsp3) is 0.438. The van der Waals surface area contributed by atoms with Crippen molar-refractivity contribution in [2.75, 3.05) is 26.7 Å². The lowest BCUT2D eigenvalue weighted by Gasteiger charge is -2.15. The van der Waals surface area contributed by atoms with E-state index in [4.69, 9.17) is 9.47 Å². The fourth-order valence-electron chi connectivity index (χ4n) is 1.67. The summed E-state index contributed by atoms with van der Waals surface area (Å²) in [6.07, 6.45) is 1.76. The van der Waals surface area contributed by atoms with E-state index in [-0.39, 0.29) is 6.10 Å². The molecular formula is C16H25N3O2. The molecule has 0 radical (unpaired) electrons. The van der Waals surface area contributed by atoms with Gasteiger partial charge in [0.1, 0.15) is 17.6 Å². The Kier molecular flexibility index (Phi) is 7.79. The van der Waals surface area contributed by atoms with Crippen molar-refractivity contribution in [3.63, 3.8) is 0 Å². The molecule has 0 spiro atoms. The maximum absolute atomic E-state index is 5.83. The smallest absolute Gasteiger partial charge is 0.191 e. The van der Waals surface area contributed by atoms with E-state index in [1.165, 1.54) is 0 Å². The van der Waals surface area contributed by atoms with Gasteiger partial charge in [0.2, 0.25) is 0 Å². The maximum atomic E-state index is 5.83. The van der Waals surface area contributed by atoms with Crippen LogP contribution >= 0.6 is 0 Å². The van der Waals surface area contributed by atoms with Gasteiger partial charge in [-0.2, -0.15) is 0 Å². The molecule has 0 saturated heterocycles. The van der Waals surface area contributed by atoms with Crippen molar-refractivity contribution in [3.8, 4) is 11.5 Å². The zero-order valence-corrected chi connectivity index (χ0v) is 13.1. The number of nitrogens with one attached hydrogen (secondary N) is 2. The van der Waals surface area contributed by atoms with Crippen molar-refractivity contribution in [2.45, 2.75) is 20.0 Å². The molecule has 1 rings (SSSR count). The van der Waals surface area contributed by atoms with Crippen LogP contribution in [-0.2, 0) is 0 Å². The summed E-state index contributed by atoms with van der Waals surface area (Å²) >= 11 is 0. The summed E-state index contributed by atoms with van der Waals surface area (Å²) in [5.74, 6) is 2.32. The minimum atomic E-state index is -0.0312. The van der Waals surface area contributed by atoms with Gasteiger partial charge in [-0.05, 0) is 26.0 Å². The highest BCUT2D eigenvalue weighted by Gasteiger charge is 2.05. The molecule has 5 nitrogen and oxygen atoms in total. The summed E-state index contributed by atoms with van der Waals surface area (Å²) < 4.78 is 11.0. The summed E-state index contributed by atoms with van der Waals surface area (Å²) in [7, 11) is 1.64. The highest BCUT2D eigenvalue weighted by molar-refractivity contribution is 5.79. The molecule has 0 saturated carbocycles. The van der Waals surface area contributed by atoms with Crippen LogP contribution in [0.2, 0.25) is 0 Å². The molecule has 21 heavy (non-hydrogen) atoms. The first-order valence-electron chi connectivity index (χ1n) is 7.13. The standard InChI is InChI=1S/C16H25N3O2/c1-5-10-18-16(17-6-2)19-12-13(3)21-15-9-7-8-14(11-15)20-4/h5,7-9,11,13H,1,6,10,12H2,2-4H3,(H2,17,18,19). The van der Waals surface area contributed by atoms with Gasteiger partial charge in [0.25, 0.3) is 0 Å². The van der Waals surface area contributed by atoms with Crippen LogP contribution in [0.1, 0.15) is 13.8 Å². The van der Waals surface area contributed by atoms with Crippen molar-refractivity contribution in [2.24, 2.45) is 4.99 Å². The fourth-order valence-corrected chi connectivity index (χ4v) is 1.67. The van der Waals surface area contributed by atoms with Crippen LogP contribution in [0, 0.1) is 0 Å². The highest BCUT2D eigenvalue weighted by Crippen LogP contribution is 2.19. The molecule has 1 aromatic rings. The van der Waals surface area contributed by atoms with Crippen molar-refractivity contribution in [3.05, 3.63) is 36.9 Å². The normalized spacial score (nSPS) is 12.4. The number of ether oxygens (including phenoxy) is 2. The number of nitrogens with zero attached hydrogens (tertiary/aromatic N) is 1. The molecule has 0 aromatic heterocycles. The monoisotopic (exact) mass is 291 g/mol. The Morgan fingerprint density at radius 3 is 2.81 bits per heavy atom. The Labute approximate surface area is 127 Å². The average Bonchev–Trinajstić information content (AvgIpc) is 2.50. The molecule has 116 valence electrons. The molecule has 2 N–H and O–H groups in total. The van der Waals surface area contributed by atoms with Gasteiger partial charge in [-0.25, -0.2) is 4.99 Å². The van der Waals surface area contributed by atoms with Crippen LogP contribution in [-0.4, -0.2) is 38.8 Å². The van der Waals surface area contributed by atoms with Gasteiger partial charge in [0.05, 0.1) is 13.7 Å². The van der Waals surface area contributed by atoms with E-state index in [2.05, 4.69) is 22.2 Å². The molecule has 1 unspecified atom stereocenters. The minimum absolute atomic E-state index is 0.0312. The van der Waals surface area contributed by atoms with E-state index in [0.717, 1.165) is 24.0 Å². The lowest BCUT2D eigenvalue weighted by atomic mass is 10.3. The number of guanidine groups is 1. The zero-order valence-electron chi connectivity index (χ0n) is 13.1. The van der Waals surface area contributed by atoms with Crippen LogP contribution in [0.4, 0.5) is 0 Å². The van der Waals surface area contributed by atoms with E-state index in [1.54, 1.807) is 13.2 Å². The molecule has 0 bridgehead atoms. The summed E-state index contributed by atoms with van der Waals surface area (Å²) in [4.78, 5) is 4.48. The second-order valence-electron chi connectivity index (χ2n) is 4.50. The Balaban J connectivity index is 2.53. The van der Waals surface area contributed by atoms with Gasteiger partial charge < -0.3 is 20.1 Å². The van der Waals surface area contributed by atoms with E-state index >= 15 is 0 Å². The number of rotatable bonds is 8. The third-order valence-corrected chi connectivity index (χ3v) is 2.64. The van der Waals surface area contributed by atoms with E-state index in [1.807, 2.05) is 38.1 Å². The predicted octanol–water partition coefficient (Wildman–Crippen LogP) is 2.20. The van der Waals surface area contributed by atoms with Crippen LogP contribution in [0.25, 0.3) is 0 Å². The van der Waals surface area contributed by atoms with E-state index in [0.29, 0.717) is 13.1 Å². The number of hydrogen-bond acceptors (Lipinski definition) is 3. The highest BCUT2D eigenvalue weighted by atomic mass is 16.5. The zero-order chi connectivity index (χ0) is 15.5. The largest absolute Gasteiger partial charge is 0.497 e. The molecule has 0 fully saturated rings. The van der Waals surface area contributed by atoms with Crippen LogP contribution in [0.15, 0.2) is 41.9 Å². The Morgan fingerprint density at radius 2 is 2.14 bits per heavy atom. The molecule has 0 amide bonds. The topological polar surface area (TPSA) is 54.9 Å². The van der Waals surface area contributed by atoms with Crippen molar-refractivity contribution >= 4 is 5.96 Å². The first-order valence-corrected chi connectivity index (χ1v) is 7.13. The second-order valence-corrected chi connectivity index (χ2v) is 4.50. The van der Waals surface area contributed by atoms with Gasteiger partial charge in [-0.15, -0.1) is 6.58 Å². The molecular weight excluding hydrogens is 266 g/mol. The van der Waals surface area contributed by atoms with Crippen molar-refractivity contribution in [1.29, 1.82) is 0 Å². The quantitative estimate of drug-likeness (QED) is 0.438. The molecule has 1 aromatic carbocycles. The molecule has 0 aliphatic carbocycles. The van der Waals surface area contributed by atoms with Crippen LogP contribution in [0.5, 0.6) is 11.5 Å². The lowest BCUT2D eigenvalue weighted by molar-refractivity contribution is 0.229. The van der Waals surface area contributed by atoms with Gasteiger partial charge in [0.15, 0.2) is 5.96 Å². The Morgan fingerprint density at radius 1 is 1.38 bits per heavy atom. The number of hydrogen-bond donors (Lipinski definition) is 2. The van der Waals surface area contributed by atoms with E-state index < -0.39 is 0 Å². The van der Waals surface area contributed by atoms with Crippen molar-refractivity contribution in [1.82, 2.24) is 10.6 Å². The Bertz CT molecular complexity index is 461. The molecule has 0 aliphatic rings. The first kappa shape index (κ1) is 16.9. The third-order valence-electron chi connectivity index (χ3n) is 2.64. The molecule has 0 heterocycles. The van der Waals surface area contributed by atoms with Crippen molar-refractivity contribution < 1.29 is 9.47 Å². The van der Waals surface area contributed by atoms with Crippen LogP contribution in [0.3, 0.4) is 0 Å². The minimum Gasteiger partial charge on any atom is -0.497 e. The van der Waals surface area contributed by atoms with Crippen LogP contribution < -0.4 is 20.1 Å². The lowest BCUT2D eigenvalue weighted by Crippen LogP contribution is -2.38. The summed E-state index contributed by atoms with van der Waals surface area (Å²) in [6, 6.07) is 7.56. The summed E-state index contributed by atoms with van der Waals surface area (Å²) in [5, 5.41) is 6.32. The SMILES string of the molecule is C=CCNC(=NCC(C)Oc1cccc(OC)c1)NCC.